The van der Waals surface area contributed by atoms with Crippen LogP contribution in [0.5, 0.6) is 0 Å². The van der Waals surface area contributed by atoms with Gasteiger partial charge in [0.05, 0.1) is 5.92 Å². The van der Waals surface area contributed by atoms with Gasteiger partial charge in [-0.1, -0.05) is 6.92 Å². The van der Waals surface area contributed by atoms with Crippen LogP contribution in [0.4, 0.5) is 0 Å². The number of hydrogen-bond acceptors (Lipinski definition) is 2. The van der Waals surface area contributed by atoms with E-state index in [2.05, 4.69) is 24.2 Å². The second-order valence-electron chi connectivity index (χ2n) is 3.89. The van der Waals surface area contributed by atoms with Crippen LogP contribution in [0.3, 0.4) is 0 Å². The van der Waals surface area contributed by atoms with Gasteiger partial charge in [0.2, 0.25) is 5.91 Å². The standard InChI is InChI=1S/C10H20N2O/c1-3-6-11-10(13)9-5-4-7-12(2)8-9/h9H,3-8H2,1-2H3,(H,11,13)/t9-/m0/s1. The predicted molar refractivity (Wildman–Crippen MR) is 53.5 cm³/mol. The second kappa shape index (κ2) is 5.22. The summed E-state index contributed by atoms with van der Waals surface area (Å²) in [5.41, 5.74) is 0. The lowest BCUT2D eigenvalue weighted by Crippen LogP contribution is -2.41. The molecule has 1 N–H and O–H groups in total. The molecule has 0 aromatic carbocycles. The van der Waals surface area contributed by atoms with Crippen molar-refractivity contribution in [2.24, 2.45) is 5.92 Å². The molecule has 1 saturated heterocycles. The molecular formula is C10H20N2O. The van der Waals surface area contributed by atoms with Gasteiger partial charge in [0.25, 0.3) is 0 Å². The molecule has 0 aliphatic carbocycles. The zero-order chi connectivity index (χ0) is 9.68. The van der Waals surface area contributed by atoms with E-state index < -0.39 is 0 Å². The number of piperidine rings is 1. The van der Waals surface area contributed by atoms with E-state index in [1.165, 1.54) is 0 Å². The highest BCUT2D eigenvalue weighted by molar-refractivity contribution is 5.78. The topological polar surface area (TPSA) is 32.3 Å². The number of hydrogen-bond donors (Lipinski definition) is 1. The number of amides is 1. The van der Waals surface area contributed by atoms with E-state index >= 15 is 0 Å². The zero-order valence-corrected chi connectivity index (χ0v) is 8.68. The second-order valence-corrected chi connectivity index (χ2v) is 3.89. The molecule has 0 radical (unpaired) electrons. The number of carbonyl (C=O) groups excluding carboxylic acids is 1. The molecule has 3 heteroatoms. The third-order valence-corrected chi connectivity index (χ3v) is 2.54. The Morgan fingerprint density at radius 1 is 1.62 bits per heavy atom. The average molecular weight is 184 g/mol. The maximum absolute atomic E-state index is 11.6. The van der Waals surface area contributed by atoms with Crippen molar-refractivity contribution in [1.29, 1.82) is 0 Å². The van der Waals surface area contributed by atoms with Gasteiger partial charge in [-0.2, -0.15) is 0 Å². The van der Waals surface area contributed by atoms with Crippen molar-refractivity contribution in [3.63, 3.8) is 0 Å². The molecule has 76 valence electrons. The largest absolute Gasteiger partial charge is 0.356 e. The Kier molecular flexibility index (Phi) is 4.22. The van der Waals surface area contributed by atoms with E-state index in [4.69, 9.17) is 0 Å². The molecule has 13 heavy (non-hydrogen) atoms. The molecule has 1 amide bonds. The maximum Gasteiger partial charge on any atom is 0.224 e. The van der Waals surface area contributed by atoms with Gasteiger partial charge < -0.3 is 10.2 Å². The Morgan fingerprint density at radius 2 is 2.38 bits per heavy atom. The van der Waals surface area contributed by atoms with E-state index in [1.807, 2.05) is 0 Å². The van der Waals surface area contributed by atoms with Crippen molar-refractivity contribution in [2.75, 3.05) is 26.7 Å². The van der Waals surface area contributed by atoms with Crippen molar-refractivity contribution in [2.45, 2.75) is 26.2 Å². The van der Waals surface area contributed by atoms with Crippen LogP contribution in [0.25, 0.3) is 0 Å². The number of likely N-dealkylation sites (tertiary alicyclic amines) is 1. The van der Waals surface area contributed by atoms with Gasteiger partial charge in [-0.15, -0.1) is 0 Å². The first-order valence-electron chi connectivity index (χ1n) is 5.20. The quantitative estimate of drug-likeness (QED) is 0.705. The predicted octanol–water partition coefficient (Wildman–Crippen LogP) is 0.854. The van der Waals surface area contributed by atoms with Gasteiger partial charge >= 0.3 is 0 Å². The van der Waals surface area contributed by atoms with Gasteiger partial charge in [-0.3, -0.25) is 4.79 Å². The minimum absolute atomic E-state index is 0.227. The van der Waals surface area contributed by atoms with E-state index in [9.17, 15) is 4.79 Å². The van der Waals surface area contributed by atoms with Crippen LogP contribution >= 0.6 is 0 Å². The van der Waals surface area contributed by atoms with Crippen molar-refractivity contribution >= 4 is 5.91 Å². The summed E-state index contributed by atoms with van der Waals surface area (Å²) in [7, 11) is 2.08. The van der Waals surface area contributed by atoms with E-state index in [-0.39, 0.29) is 11.8 Å². The van der Waals surface area contributed by atoms with Crippen LogP contribution in [0, 0.1) is 5.92 Å². The average Bonchev–Trinajstić information content (AvgIpc) is 2.14. The molecule has 1 rings (SSSR count). The fourth-order valence-electron chi connectivity index (χ4n) is 1.77. The van der Waals surface area contributed by atoms with Gasteiger partial charge in [0.1, 0.15) is 0 Å². The van der Waals surface area contributed by atoms with Gasteiger partial charge in [-0.25, -0.2) is 0 Å². The Bertz CT molecular complexity index is 170. The number of carbonyl (C=O) groups is 1. The van der Waals surface area contributed by atoms with E-state index in [0.29, 0.717) is 0 Å². The van der Waals surface area contributed by atoms with Crippen LogP contribution in [0.1, 0.15) is 26.2 Å². The lowest BCUT2D eigenvalue weighted by atomic mass is 9.98. The molecule has 0 unspecified atom stereocenters. The molecule has 1 heterocycles. The summed E-state index contributed by atoms with van der Waals surface area (Å²) < 4.78 is 0. The van der Waals surface area contributed by atoms with Gasteiger partial charge in [-0.05, 0) is 32.9 Å². The highest BCUT2D eigenvalue weighted by Crippen LogP contribution is 2.14. The van der Waals surface area contributed by atoms with Crippen molar-refractivity contribution in [3.05, 3.63) is 0 Å². The lowest BCUT2D eigenvalue weighted by molar-refractivity contribution is -0.126. The SMILES string of the molecule is CCCNC(=O)[C@H]1CCCN(C)C1. The van der Waals surface area contributed by atoms with Crippen LogP contribution in [-0.2, 0) is 4.79 Å². The zero-order valence-electron chi connectivity index (χ0n) is 8.68. The molecule has 0 aromatic rings. The Morgan fingerprint density at radius 3 is 3.00 bits per heavy atom. The van der Waals surface area contributed by atoms with Crippen LogP contribution in [0.2, 0.25) is 0 Å². The summed E-state index contributed by atoms with van der Waals surface area (Å²) >= 11 is 0. The van der Waals surface area contributed by atoms with Crippen LogP contribution in [-0.4, -0.2) is 37.5 Å². The maximum atomic E-state index is 11.6. The molecule has 0 aromatic heterocycles. The highest BCUT2D eigenvalue weighted by atomic mass is 16.1. The van der Waals surface area contributed by atoms with E-state index in [0.717, 1.165) is 38.9 Å². The van der Waals surface area contributed by atoms with Gasteiger partial charge in [0, 0.05) is 13.1 Å². The summed E-state index contributed by atoms with van der Waals surface area (Å²) in [5.74, 6) is 0.471. The fraction of sp³-hybridized carbons (Fsp3) is 0.900. The molecule has 1 aliphatic rings. The third-order valence-electron chi connectivity index (χ3n) is 2.54. The molecule has 0 spiro atoms. The molecule has 1 aliphatic heterocycles. The minimum atomic E-state index is 0.227. The lowest BCUT2D eigenvalue weighted by Gasteiger charge is -2.28. The van der Waals surface area contributed by atoms with Crippen molar-refractivity contribution in [3.8, 4) is 0 Å². The summed E-state index contributed by atoms with van der Waals surface area (Å²) in [6.45, 7) is 4.96. The summed E-state index contributed by atoms with van der Waals surface area (Å²) in [6.07, 6.45) is 3.23. The van der Waals surface area contributed by atoms with Crippen molar-refractivity contribution in [1.82, 2.24) is 10.2 Å². The Labute approximate surface area is 80.5 Å². The van der Waals surface area contributed by atoms with Crippen LogP contribution in [0.15, 0.2) is 0 Å². The third kappa shape index (κ3) is 3.35. The normalized spacial score (nSPS) is 24.3. The Balaban J connectivity index is 2.28. The molecule has 1 atom stereocenters. The molecule has 0 bridgehead atoms. The first kappa shape index (κ1) is 10.5. The smallest absolute Gasteiger partial charge is 0.224 e. The minimum Gasteiger partial charge on any atom is -0.356 e. The van der Waals surface area contributed by atoms with E-state index in [1.54, 1.807) is 0 Å². The summed E-state index contributed by atoms with van der Waals surface area (Å²) in [6, 6.07) is 0. The summed E-state index contributed by atoms with van der Waals surface area (Å²) in [4.78, 5) is 13.8. The molecule has 1 fully saturated rings. The number of rotatable bonds is 3. The molecular weight excluding hydrogens is 164 g/mol. The first-order chi connectivity index (χ1) is 6.24. The van der Waals surface area contributed by atoms with Crippen molar-refractivity contribution < 1.29 is 4.79 Å². The fourth-order valence-corrected chi connectivity index (χ4v) is 1.77. The summed E-state index contributed by atoms with van der Waals surface area (Å²) in [5, 5.41) is 2.96. The van der Waals surface area contributed by atoms with Crippen LogP contribution < -0.4 is 5.32 Å². The molecule has 3 nitrogen and oxygen atoms in total. The number of nitrogens with one attached hydrogen (secondary N) is 1. The monoisotopic (exact) mass is 184 g/mol. The number of nitrogens with zero attached hydrogens (tertiary/aromatic N) is 1. The highest BCUT2D eigenvalue weighted by Gasteiger charge is 2.22. The molecule has 0 saturated carbocycles. The van der Waals surface area contributed by atoms with Gasteiger partial charge in [0.15, 0.2) is 0 Å². The Hall–Kier alpha value is -0.570. The first-order valence-corrected chi connectivity index (χ1v) is 5.20.